The molecule has 0 aliphatic carbocycles. The highest BCUT2D eigenvalue weighted by molar-refractivity contribution is 7.13. The van der Waals surface area contributed by atoms with Gasteiger partial charge in [0.05, 0.1) is 23.6 Å². The molecule has 28 heavy (non-hydrogen) atoms. The van der Waals surface area contributed by atoms with Crippen molar-refractivity contribution >= 4 is 23.2 Å². The molecule has 0 aliphatic heterocycles. The molecule has 2 heterocycles. The molecule has 0 saturated carbocycles. The highest BCUT2D eigenvalue weighted by Crippen LogP contribution is 2.24. The zero-order valence-electron chi connectivity index (χ0n) is 15.8. The van der Waals surface area contributed by atoms with Crippen LogP contribution in [0.5, 0.6) is 0 Å². The zero-order chi connectivity index (χ0) is 20.0. The third-order valence-corrected chi connectivity index (χ3v) is 5.03. The zero-order valence-corrected chi connectivity index (χ0v) is 16.6. The summed E-state index contributed by atoms with van der Waals surface area (Å²) in [6, 6.07) is 13.3. The Morgan fingerprint density at radius 3 is 2.68 bits per heavy atom. The lowest BCUT2D eigenvalue weighted by Gasteiger charge is -2.28. The summed E-state index contributed by atoms with van der Waals surface area (Å²) in [5.41, 5.74) is 0.265. The number of hydrogen-bond donors (Lipinski definition) is 1. The molecule has 6 nitrogen and oxygen atoms in total. The molecule has 0 saturated heterocycles. The van der Waals surface area contributed by atoms with E-state index >= 15 is 0 Å². The SMILES string of the molecule is CCOC(=O)[C@](C)(Cc1ccccc1)NC(=O)Cc1coc(-c2cccs2)n1. The van der Waals surface area contributed by atoms with Crippen LogP contribution in [0.4, 0.5) is 0 Å². The van der Waals surface area contributed by atoms with Gasteiger partial charge >= 0.3 is 5.97 Å². The first-order valence-electron chi connectivity index (χ1n) is 9.00. The van der Waals surface area contributed by atoms with E-state index in [-0.39, 0.29) is 18.9 Å². The first-order valence-corrected chi connectivity index (χ1v) is 9.88. The van der Waals surface area contributed by atoms with Crippen LogP contribution >= 0.6 is 11.3 Å². The van der Waals surface area contributed by atoms with Gasteiger partial charge in [-0.25, -0.2) is 9.78 Å². The fourth-order valence-electron chi connectivity index (χ4n) is 2.88. The van der Waals surface area contributed by atoms with E-state index < -0.39 is 11.5 Å². The van der Waals surface area contributed by atoms with Crippen molar-refractivity contribution in [2.24, 2.45) is 0 Å². The van der Waals surface area contributed by atoms with E-state index in [1.54, 1.807) is 13.8 Å². The number of hydrogen-bond acceptors (Lipinski definition) is 6. The first-order chi connectivity index (χ1) is 13.5. The Labute approximate surface area is 167 Å². The Balaban J connectivity index is 1.71. The Kier molecular flexibility index (Phi) is 6.26. The third-order valence-electron chi connectivity index (χ3n) is 4.17. The van der Waals surface area contributed by atoms with Crippen LogP contribution in [0.15, 0.2) is 58.5 Å². The molecule has 3 rings (SSSR count). The second kappa shape index (κ2) is 8.84. The van der Waals surface area contributed by atoms with Crippen molar-refractivity contribution in [3.63, 3.8) is 0 Å². The monoisotopic (exact) mass is 398 g/mol. The van der Waals surface area contributed by atoms with Crippen LogP contribution in [0.3, 0.4) is 0 Å². The maximum absolute atomic E-state index is 12.6. The smallest absolute Gasteiger partial charge is 0.331 e. The maximum Gasteiger partial charge on any atom is 0.331 e. The van der Waals surface area contributed by atoms with Crippen molar-refractivity contribution in [3.05, 3.63) is 65.4 Å². The summed E-state index contributed by atoms with van der Waals surface area (Å²) in [5.74, 6) is -0.306. The van der Waals surface area contributed by atoms with E-state index in [0.717, 1.165) is 10.4 Å². The maximum atomic E-state index is 12.6. The fraction of sp³-hybridized carbons (Fsp3) is 0.286. The second-order valence-electron chi connectivity index (χ2n) is 6.56. The molecule has 146 valence electrons. The van der Waals surface area contributed by atoms with Gasteiger partial charge in [0, 0.05) is 6.42 Å². The highest BCUT2D eigenvalue weighted by Gasteiger charge is 2.36. The van der Waals surface area contributed by atoms with Crippen molar-refractivity contribution in [3.8, 4) is 10.8 Å². The van der Waals surface area contributed by atoms with Gasteiger partial charge in [-0.05, 0) is 30.9 Å². The van der Waals surface area contributed by atoms with Crippen LogP contribution in [0.1, 0.15) is 25.1 Å². The van der Waals surface area contributed by atoms with Crippen LogP contribution in [-0.4, -0.2) is 29.0 Å². The summed E-state index contributed by atoms with van der Waals surface area (Å²) in [4.78, 5) is 30.4. The van der Waals surface area contributed by atoms with Crippen molar-refractivity contribution in [1.29, 1.82) is 0 Å². The molecule has 0 spiro atoms. The third kappa shape index (κ3) is 4.86. The fourth-order valence-corrected chi connectivity index (χ4v) is 3.54. The molecule has 0 unspecified atom stereocenters. The lowest BCUT2D eigenvalue weighted by Crippen LogP contribution is -2.55. The number of rotatable bonds is 8. The molecule has 1 N–H and O–H groups in total. The lowest BCUT2D eigenvalue weighted by molar-refractivity contribution is -0.152. The van der Waals surface area contributed by atoms with Gasteiger partial charge in [0.1, 0.15) is 11.8 Å². The lowest BCUT2D eigenvalue weighted by atomic mass is 9.92. The summed E-state index contributed by atoms with van der Waals surface area (Å²) in [6.45, 7) is 3.66. The molecule has 0 fully saturated rings. The van der Waals surface area contributed by atoms with Crippen molar-refractivity contribution in [1.82, 2.24) is 10.3 Å². The molecule has 1 atom stereocenters. The Bertz CT molecular complexity index is 921. The van der Waals surface area contributed by atoms with Gasteiger partial charge in [-0.2, -0.15) is 0 Å². The van der Waals surface area contributed by atoms with Crippen LogP contribution in [-0.2, 0) is 27.2 Å². The number of nitrogens with zero attached hydrogens (tertiary/aromatic N) is 1. The number of amides is 1. The average Bonchev–Trinajstić information content (AvgIpc) is 3.34. The number of thiophene rings is 1. The largest absolute Gasteiger partial charge is 0.464 e. The van der Waals surface area contributed by atoms with Crippen molar-refractivity contribution < 1.29 is 18.7 Å². The predicted molar refractivity (Wildman–Crippen MR) is 107 cm³/mol. The molecular weight excluding hydrogens is 376 g/mol. The number of carbonyl (C=O) groups is 2. The second-order valence-corrected chi connectivity index (χ2v) is 7.51. The number of ether oxygens (including phenoxy) is 1. The summed E-state index contributed by atoms with van der Waals surface area (Å²) in [7, 11) is 0. The van der Waals surface area contributed by atoms with E-state index in [1.165, 1.54) is 17.6 Å². The van der Waals surface area contributed by atoms with Gasteiger partial charge in [-0.1, -0.05) is 36.4 Å². The topological polar surface area (TPSA) is 81.4 Å². The Morgan fingerprint density at radius 1 is 1.21 bits per heavy atom. The number of carbonyl (C=O) groups excluding carboxylic acids is 2. The number of benzene rings is 1. The summed E-state index contributed by atoms with van der Waals surface area (Å²) in [6.07, 6.45) is 1.81. The first kappa shape index (κ1) is 19.8. The molecule has 0 bridgehead atoms. The number of nitrogens with one attached hydrogen (secondary N) is 1. The average molecular weight is 398 g/mol. The summed E-state index contributed by atoms with van der Waals surface area (Å²) in [5, 5.41) is 4.76. The molecule has 2 aromatic heterocycles. The predicted octanol–water partition coefficient (Wildman–Crippen LogP) is 3.63. The van der Waals surface area contributed by atoms with E-state index in [9.17, 15) is 9.59 Å². The van der Waals surface area contributed by atoms with Crippen LogP contribution in [0, 0.1) is 0 Å². The molecular formula is C21H22N2O4S. The van der Waals surface area contributed by atoms with Crippen LogP contribution in [0.2, 0.25) is 0 Å². The van der Waals surface area contributed by atoms with Gasteiger partial charge < -0.3 is 14.5 Å². The van der Waals surface area contributed by atoms with E-state index in [0.29, 0.717) is 18.0 Å². The normalized spacial score (nSPS) is 12.9. The van der Waals surface area contributed by atoms with Gasteiger partial charge in [0.25, 0.3) is 0 Å². The van der Waals surface area contributed by atoms with E-state index in [1.807, 2.05) is 47.8 Å². The molecule has 1 amide bonds. The standard InChI is InChI=1S/C21H22N2O4S/c1-3-26-20(25)21(2,13-15-8-5-4-6-9-15)23-18(24)12-16-14-27-19(22-16)17-10-7-11-28-17/h4-11,14H,3,12-13H2,1-2H3,(H,23,24)/t21-/m0/s1. The summed E-state index contributed by atoms with van der Waals surface area (Å²) >= 11 is 1.51. The molecule has 3 aromatic rings. The minimum absolute atomic E-state index is 0.0126. The van der Waals surface area contributed by atoms with Crippen molar-refractivity contribution in [2.45, 2.75) is 32.2 Å². The van der Waals surface area contributed by atoms with Crippen LogP contribution < -0.4 is 5.32 Å². The Morgan fingerprint density at radius 2 is 2.00 bits per heavy atom. The minimum Gasteiger partial charge on any atom is -0.464 e. The van der Waals surface area contributed by atoms with Crippen molar-refractivity contribution in [2.75, 3.05) is 6.61 Å². The summed E-state index contributed by atoms with van der Waals surface area (Å²) < 4.78 is 10.6. The highest BCUT2D eigenvalue weighted by atomic mass is 32.1. The number of esters is 1. The number of aromatic nitrogens is 1. The van der Waals surface area contributed by atoms with Crippen LogP contribution in [0.25, 0.3) is 10.8 Å². The molecule has 1 aromatic carbocycles. The van der Waals surface area contributed by atoms with Gasteiger partial charge in [0.2, 0.25) is 11.8 Å². The van der Waals surface area contributed by atoms with Gasteiger partial charge in [-0.3, -0.25) is 4.79 Å². The molecule has 7 heteroatoms. The van der Waals surface area contributed by atoms with E-state index in [4.69, 9.17) is 9.15 Å². The van der Waals surface area contributed by atoms with Gasteiger partial charge in [-0.15, -0.1) is 11.3 Å². The van der Waals surface area contributed by atoms with E-state index in [2.05, 4.69) is 10.3 Å². The molecule has 0 radical (unpaired) electrons. The Hall–Kier alpha value is -2.93. The minimum atomic E-state index is -1.17. The number of oxazole rings is 1. The quantitative estimate of drug-likeness (QED) is 0.586. The van der Waals surface area contributed by atoms with Gasteiger partial charge in [0.15, 0.2) is 0 Å². The molecule has 0 aliphatic rings.